The fourth-order valence-electron chi connectivity index (χ4n) is 2.02. The summed E-state index contributed by atoms with van der Waals surface area (Å²) in [6.45, 7) is 10.3. The summed E-state index contributed by atoms with van der Waals surface area (Å²) in [5.41, 5.74) is 9.03. The second-order valence-electron chi connectivity index (χ2n) is 5.60. The standard InChI is InChI=1S/C15H25NO2/c1-11-8-12(10-18-7-6-16)14(17-5)13(9-11)15(2,3)4/h8-9H,6-7,10,16H2,1-5H3. The average Bonchev–Trinajstić information content (AvgIpc) is 2.27. The Hall–Kier alpha value is -1.06. The third-order valence-electron chi connectivity index (χ3n) is 2.84. The first kappa shape index (κ1) is 15.0. The van der Waals surface area contributed by atoms with Crippen LogP contribution in [0.1, 0.15) is 37.5 Å². The summed E-state index contributed by atoms with van der Waals surface area (Å²) in [5.74, 6) is 0.935. The molecule has 1 aromatic rings. The lowest BCUT2D eigenvalue weighted by molar-refractivity contribution is 0.126. The van der Waals surface area contributed by atoms with Crippen LogP contribution in [0.4, 0.5) is 0 Å². The highest BCUT2D eigenvalue weighted by Gasteiger charge is 2.21. The van der Waals surface area contributed by atoms with Crippen molar-refractivity contribution in [3.63, 3.8) is 0 Å². The summed E-state index contributed by atoms with van der Waals surface area (Å²) in [7, 11) is 1.71. The second-order valence-corrected chi connectivity index (χ2v) is 5.60. The van der Waals surface area contributed by atoms with Crippen molar-refractivity contribution in [2.45, 2.75) is 39.7 Å². The Kier molecular flexibility index (Phi) is 5.17. The summed E-state index contributed by atoms with van der Waals surface area (Å²) >= 11 is 0. The third-order valence-corrected chi connectivity index (χ3v) is 2.84. The van der Waals surface area contributed by atoms with Gasteiger partial charge in [-0.25, -0.2) is 0 Å². The number of benzene rings is 1. The topological polar surface area (TPSA) is 44.5 Å². The number of rotatable bonds is 5. The van der Waals surface area contributed by atoms with Crippen LogP contribution in [0.5, 0.6) is 5.75 Å². The highest BCUT2D eigenvalue weighted by molar-refractivity contribution is 5.47. The summed E-state index contributed by atoms with van der Waals surface area (Å²) in [6.07, 6.45) is 0. The van der Waals surface area contributed by atoms with Gasteiger partial charge in [-0.3, -0.25) is 0 Å². The average molecular weight is 251 g/mol. The van der Waals surface area contributed by atoms with E-state index in [2.05, 4.69) is 39.8 Å². The van der Waals surface area contributed by atoms with E-state index >= 15 is 0 Å². The van der Waals surface area contributed by atoms with Crippen molar-refractivity contribution in [2.24, 2.45) is 5.73 Å². The number of nitrogens with two attached hydrogens (primary N) is 1. The van der Waals surface area contributed by atoms with E-state index in [-0.39, 0.29) is 5.41 Å². The van der Waals surface area contributed by atoms with Crippen molar-refractivity contribution >= 4 is 0 Å². The molecule has 0 aliphatic heterocycles. The van der Waals surface area contributed by atoms with Gasteiger partial charge >= 0.3 is 0 Å². The summed E-state index contributed by atoms with van der Waals surface area (Å²) in [4.78, 5) is 0. The second kappa shape index (κ2) is 6.21. The maximum absolute atomic E-state index is 5.58. The van der Waals surface area contributed by atoms with Crippen molar-refractivity contribution in [1.82, 2.24) is 0 Å². The summed E-state index contributed by atoms with van der Waals surface area (Å²) in [6, 6.07) is 4.30. The number of hydrogen-bond acceptors (Lipinski definition) is 3. The fourth-order valence-corrected chi connectivity index (χ4v) is 2.02. The van der Waals surface area contributed by atoms with Gasteiger partial charge < -0.3 is 15.2 Å². The Bertz CT molecular complexity index is 394. The molecule has 0 bridgehead atoms. The van der Waals surface area contributed by atoms with Gasteiger partial charge in [-0.2, -0.15) is 0 Å². The van der Waals surface area contributed by atoms with Crippen LogP contribution < -0.4 is 10.5 Å². The minimum absolute atomic E-state index is 0.0555. The molecular weight excluding hydrogens is 226 g/mol. The highest BCUT2D eigenvalue weighted by Crippen LogP contribution is 2.35. The monoisotopic (exact) mass is 251 g/mol. The molecule has 0 unspecified atom stereocenters. The van der Waals surface area contributed by atoms with E-state index in [4.69, 9.17) is 15.2 Å². The van der Waals surface area contributed by atoms with Gasteiger partial charge in [-0.05, 0) is 12.3 Å². The molecule has 0 heterocycles. The lowest BCUT2D eigenvalue weighted by atomic mass is 9.84. The SMILES string of the molecule is COc1c(COCCN)cc(C)cc1C(C)(C)C. The molecule has 0 fully saturated rings. The van der Waals surface area contributed by atoms with Crippen LogP contribution in [-0.2, 0) is 16.8 Å². The van der Waals surface area contributed by atoms with Crippen molar-refractivity contribution in [2.75, 3.05) is 20.3 Å². The Morgan fingerprint density at radius 1 is 1.22 bits per heavy atom. The lowest BCUT2D eigenvalue weighted by Crippen LogP contribution is -2.15. The third kappa shape index (κ3) is 3.72. The lowest BCUT2D eigenvalue weighted by Gasteiger charge is -2.24. The van der Waals surface area contributed by atoms with Gasteiger partial charge in [0, 0.05) is 17.7 Å². The van der Waals surface area contributed by atoms with E-state index in [9.17, 15) is 0 Å². The zero-order valence-corrected chi connectivity index (χ0v) is 12.2. The molecule has 0 atom stereocenters. The molecule has 0 amide bonds. The maximum atomic E-state index is 5.58. The van der Waals surface area contributed by atoms with Crippen LogP contribution >= 0.6 is 0 Å². The first-order valence-electron chi connectivity index (χ1n) is 6.36. The van der Waals surface area contributed by atoms with Gasteiger partial charge in [0.2, 0.25) is 0 Å². The zero-order chi connectivity index (χ0) is 13.8. The minimum atomic E-state index is 0.0555. The number of methoxy groups -OCH3 is 1. The van der Waals surface area contributed by atoms with Gasteiger partial charge in [0.05, 0.1) is 20.3 Å². The van der Waals surface area contributed by atoms with Crippen LogP contribution in [0.2, 0.25) is 0 Å². The normalized spacial score (nSPS) is 11.7. The predicted octanol–water partition coefficient (Wildman–Crippen LogP) is 2.78. The predicted molar refractivity (Wildman–Crippen MR) is 75.1 cm³/mol. The Morgan fingerprint density at radius 2 is 1.89 bits per heavy atom. The summed E-state index contributed by atoms with van der Waals surface area (Å²) in [5, 5.41) is 0. The van der Waals surface area contributed by atoms with E-state index in [0.717, 1.165) is 11.3 Å². The highest BCUT2D eigenvalue weighted by atomic mass is 16.5. The van der Waals surface area contributed by atoms with Crippen LogP contribution in [0.3, 0.4) is 0 Å². The van der Waals surface area contributed by atoms with E-state index in [1.54, 1.807) is 7.11 Å². The maximum Gasteiger partial charge on any atom is 0.128 e. The molecule has 18 heavy (non-hydrogen) atoms. The molecule has 1 rings (SSSR count). The molecule has 102 valence electrons. The molecule has 3 nitrogen and oxygen atoms in total. The molecule has 0 saturated heterocycles. The minimum Gasteiger partial charge on any atom is -0.496 e. The van der Waals surface area contributed by atoms with Crippen LogP contribution in [0.15, 0.2) is 12.1 Å². The number of hydrogen-bond donors (Lipinski definition) is 1. The van der Waals surface area contributed by atoms with Crippen molar-refractivity contribution in [1.29, 1.82) is 0 Å². The van der Waals surface area contributed by atoms with Gasteiger partial charge in [0.25, 0.3) is 0 Å². The molecule has 2 N–H and O–H groups in total. The molecule has 1 aromatic carbocycles. The Labute approximate surface area is 110 Å². The van der Waals surface area contributed by atoms with Crippen molar-refractivity contribution in [3.05, 3.63) is 28.8 Å². The number of aryl methyl sites for hydroxylation is 1. The zero-order valence-electron chi connectivity index (χ0n) is 12.2. The van der Waals surface area contributed by atoms with Gasteiger partial charge in [0.1, 0.15) is 5.75 Å². The van der Waals surface area contributed by atoms with Crippen molar-refractivity contribution in [3.8, 4) is 5.75 Å². The summed E-state index contributed by atoms with van der Waals surface area (Å²) < 4.78 is 11.1. The van der Waals surface area contributed by atoms with Crippen molar-refractivity contribution < 1.29 is 9.47 Å². The van der Waals surface area contributed by atoms with Gasteiger partial charge in [0.15, 0.2) is 0 Å². The molecule has 0 radical (unpaired) electrons. The largest absolute Gasteiger partial charge is 0.496 e. The molecule has 0 aromatic heterocycles. The first-order valence-corrected chi connectivity index (χ1v) is 6.36. The van der Waals surface area contributed by atoms with Crippen LogP contribution in [0, 0.1) is 6.92 Å². The van der Waals surface area contributed by atoms with Gasteiger partial charge in [-0.1, -0.05) is 38.5 Å². The van der Waals surface area contributed by atoms with Crippen LogP contribution in [-0.4, -0.2) is 20.3 Å². The first-order chi connectivity index (χ1) is 8.40. The Morgan fingerprint density at radius 3 is 2.39 bits per heavy atom. The Balaban J connectivity index is 3.12. The molecule has 0 aliphatic carbocycles. The van der Waals surface area contributed by atoms with E-state index < -0.39 is 0 Å². The molecular formula is C15H25NO2. The van der Waals surface area contributed by atoms with Gasteiger partial charge in [-0.15, -0.1) is 0 Å². The number of ether oxygens (including phenoxy) is 2. The fraction of sp³-hybridized carbons (Fsp3) is 0.600. The molecule has 0 aliphatic rings. The quantitative estimate of drug-likeness (QED) is 0.818. The molecule has 0 saturated carbocycles. The van der Waals surface area contributed by atoms with Crippen LogP contribution in [0.25, 0.3) is 0 Å². The van der Waals surface area contributed by atoms with E-state index in [0.29, 0.717) is 19.8 Å². The van der Waals surface area contributed by atoms with E-state index in [1.807, 2.05) is 0 Å². The smallest absolute Gasteiger partial charge is 0.128 e. The molecule has 0 spiro atoms. The molecule has 3 heteroatoms. The van der Waals surface area contributed by atoms with E-state index in [1.165, 1.54) is 11.1 Å².